The predicted octanol–water partition coefficient (Wildman–Crippen LogP) is 4.32. The summed E-state index contributed by atoms with van der Waals surface area (Å²) in [5.74, 6) is 1.70. The number of benzene rings is 2. The van der Waals surface area contributed by atoms with E-state index in [2.05, 4.69) is 20.9 Å². The fraction of sp³-hybridized carbons (Fsp3) is 0.235. The lowest BCUT2D eigenvalue weighted by atomic mass is 10.2. The fourth-order valence-corrected chi connectivity index (χ4v) is 2.46. The summed E-state index contributed by atoms with van der Waals surface area (Å²) in [5.41, 5.74) is 1.23. The summed E-state index contributed by atoms with van der Waals surface area (Å²) in [4.78, 5) is 4.37. The van der Waals surface area contributed by atoms with E-state index in [1.807, 2.05) is 6.92 Å². The van der Waals surface area contributed by atoms with Gasteiger partial charge in [0.2, 0.25) is 0 Å². The van der Waals surface area contributed by atoms with Crippen LogP contribution in [0.4, 0.5) is 5.69 Å². The average Bonchev–Trinajstić information content (AvgIpc) is 2.56. The zero-order chi connectivity index (χ0) is 16.8. The molecule has 0 aliphatic rings. The number of halogens is 1. The van der Waals surface area contributed by atoms with Crippen molar-refractivity contribution in [3.05, 3.63) is 40.4 Å². The van der Waals surface area contributed by atoms with Crippen LogP contribution in [-0.2, 0) is 0 Å². The van der Waals surface area contributed by atoms with E-state index in [0.717, 1.165) is 4.47 Å². The number of aromatic hydroxyl groups is 1. The molecule has 0 radical (unpaired) electrons. The fourth-order valence-electron chi connectivity index (χ4n) is 2.01. The molecular weight excluding hydrogens is 362 g/mol. The second-order valence-corrected chi connectivity index (χ2v) is 5.49. The van der Waals surface area contributed by atoms with Crippen molar-refractivity contribution in [2.75, 3.05) is 20.8 Å². The molecular formula is C17H18BrNO4. The molecule has 0 fully saturated rings. The Balaban J connectivity index is 2.33. The van der Waals surface area contributed by atoms with E-state index in [1.165, 1.54) is 0 Å². The second-order valence-electron chi connectivity index (χ2n) is 4.57. The molecule has 0 spiro atoms. The SMILES string of the molecule is CCOc1cc(Br)cc(C=Nc2ccc(OC)c(OC)c2)c1O. The molecule has 1 N–H and O–H groups in total. The highest BCUT2D eigenvalue weighted by Gasteiger charge is 2.09. The van der Waals surface area contributed by atoms with E-state index in [0.29, 0.717) is 35.1 Å². The van der Waals surface area contributed by atoms with Gasteiger partial charge >= 0.3 is 0 Å². The molecule has 6 heteroatoms. The summed E-state index contributed by atoms with van der Waals surface area (Å²) in [6, 6.07) is 8.82. The molecule has 5 nitrogen and oxygen atoms in total. The summed E-state index contributed by atoms with van der Waals surface area (Å²) in [7, 11) is 3.15. The molecule has 0 amide bonds. The Morgan fingerprint density at radius 3 is 2.48 bits per heavy atom. The molecule has 122 valence electrons. The average molecular weight is 380 g/mol. The third-order valence-corrected chi connectivity index (χ3v) is 3.55. The number of phenolic OH excluding ortho intramolecular Hbond substituents is 1. The van der Waals surface area contributed by atoms with Crippen LogP contribution >= 0.6 is 15.9 Å². The molecule has 23 heavy (non-hydrogen) atoms. The lowest BCUT2D eigenvalue weighted by Crippen LogP contribution is -1.94. The molecule has 0 aliphatic carbocycles. The predicted molar refractivity (Wildman–Crippen MR) is 93.8 cm³/mol. The van der Waals surface area contributed by atoms with Crippen molar-refractivity contribution in [1.29, 1.82) is 0 Å². The second kappa shape index (κ2) is 7.87. The van der Waals surface area contributed by atoms with E-state index in [1.54, 1.807) is 50.8 Å². The zero-order valence-corrected chi connectivity index (χ0v) is 14.8. The molecule has 0 saturated carbocycles. The van der Waals surface area contributed by atoms with E-state index in [4.69, 9.17) is 14.2 Å². The van der Waals surface area contributed by atoms with Crippen LogP contribution in [0.5, 0.6) is 23.0 Å². The van der Waals surface area contributed by atoms with Gasteiger partial charge in [-0.15, -0.1) is 0 Å². The lowest BCUT2D eigenvalue weighted by Gasteiger charge is -2.09. The van der Waals surface area contributed by atoms with Crippen LogP contribution in [0, 0.1) is 0 Å². The summed E-state index contributed by atoms with van der Waals surface area (Å²) in [6.45, 7) is 2.33. The maximum atomic E-state index is 10.2. The minimum atomic E-state index is 0.0549. The normalized spacial score (nSPS) is 10.8. The van der Waals surface area contributed by atoms with E-state index in [9.17, 15) is 5.11 Å². The van der Waals surface area contributed by atoms with Crippen LogP contribution < -0.4 is 14.2 Å². The van der Waals surface area contributed by atoms with Gasteiger partial charge in [-0.1, -0.05) is 15.9 Å². The van der Waals surface area contributed by atoms with Gasteiger partial charge in [0.25, 0.3) is 0 Å². The van der Waals surface area contributed by atoms with Crippen LogP contribution in [0.2, 0.25) is 0 Å². The minimum Gasteiger partial charge on any atom is -0.504 e. The van der Waals surface area contributed by atoms with Crippen molar-refractivity contribution in [3.63, 3.8) is 0 Å². The van der Waals surface area contributed by atoms with Crippen LogP contribution in [0.3, 0.4) is 0 Å². The highest BCUT2D eigenvalue weighted by molar-refractivity contribution is 9.10. The van der Waals surface area contributed by atoms with E-state index < -0.39 is 0 Å². The van der Waals surface area contributed by atoms with Crippen molar-refractivity contribution in [2.24, 2.45) is 4.99 Å². The van der Waals surface area contributed by atoms with Crippen LogP contribution in [0.1, 0.15) is 12.5 Å². The number of aliphatic imine (C=N–C) groups is 1. The summed E-state index contributed by atoms with van der Waals surface area (Å²) >= 11 is 3.40. The molecule has 2 aromatic rings. The highest BCUT2D eigenvalue weighted by atomic mass is 79.9. The number of rotatable bonds is 6. The van der Waals surface area contributed by atoms with Gasteiger partial charge in [0.05, 0.1) is 26.5 Å². The molecule has 0 heterocycles. The largest absolute Gasteiger partial charge is 0.504 e. The molecule has 0 atom stereocenters. The van der Waals surface area contributed by atoms with E-state index in [-0.39, 0.29) is 5.75 Å². The van der Waals surface area contributed by atoms with Gasteiger partial charge in [0.15, 0.2) is 23.0 Å². The van der Waals surface area contributed by atoms with Gasteiger partial charge < -0.3 is 19.3 Å². The first kappa shape index (κ1) is 17.1. The van der Waals surface area contributed by atoms with Gasteiger partial charge in [-0.3, -0.25) is 4.99 Å². The maximum absolute atomic E-state index is 10.2. The highest BCUT2D eigenvalue weighted by Crippen LogP contribution is 2.34. The Labute approximate surface area is 143 Å². The van der Waals surface area contributed by atoms with Gasteiger partial charge in [0, 0.05) is 22.3 Å². The molecule has 0 unspecified atom stereocenters. The topological polar surface area (TPSA) is 60.3 Å². The van der Waals surface area contributed by atoms with Crippen molar-refractivity contribution >= 4 is 27.8 Å². The van der Waals surface area contributed by atoms with Gasteiger partial charge in [-0.25, -0.2) is 0 Å². The van der Waals surface area contributed by atoms with E-state index >= 15 is 0 Å². The standard InChI is InChI=1S/C17H18BrNO4/c1-4-23-16-8-12(18)7-11(17(16)20)10-19-13-5-6-14(21-2)15(9-13)22-3/h5-10,20H,4H2,1-3H3. The van der Waals surface area contributed by atoms with Gasteiger partial charge in [-0.2, -0.15) is 0 Å². The number of methoxy groups -OCH3 is 2. The third kappa shape index (κ3) is 4.16. The first-order valence-corrected chi connectivity index (χ1v) is 7.79. The quantitative estimate of drug-likeness (QED) is 0.759. The molecule has 0 bridgehead atoms. The number of ether oxygens (including phenoxy) is 3. The first-order chi connectivity index (χ1) is 11.1. The zero-order valence-electron chi connectivity index (χ0n) is 13.2. The summed E-state index contributed by atoms with van der Waals surface area (Å²) in [5, 5.41) is 10.2. The van der Waals surface area contributed by atoms with Crippen LogP contribution in [-0.4, -0.2) is 32.1 Å². The van der Waals surface area contributed by atoms with Crippen molar-refractivity contribution in [1.82, 2.24) is 0 Å². The van der Waals surface area contributed by atoms with Gasteiger partial charge in [-0.05, 0) is 31.2 Å². The number of hydrogen-bond acceptors (Lipinski definition) is 5. The van der Waals surface area contributed by atoms with Gasteiger partial charge in [0.1, 0.15) is 0 Å². The Morgan fingerprint density at radius 1 is 1.09 bits per heavy atom. The summed E-state index contributed by atoms with van der Waals surface area (Å²) in [6.07, 6.45) is 1.57. The summed E-state index contributed by atoms with van der Waals surface area (Å²) < 4.78 is 16.6. The van der Waals surface area contributed by atoms with Crippen molar-refractivity contribution in [3.8, 4) is 23.0 Å². The molecule has 0 aromatic heterocycles. The smallest absolute Gasteiger partial charge is 0.166 e. The number of phenols is 1. The van der Waals surface area contributed by atoms with Crippen LogP contribution in [0.15, 0.2) is 39.8 Å². The maximum Gasteiger partial charge on any atom is 0.166 e. The molecule has 2 rings (SSSR count). The lowest BCUT2D eigenvalue weighted by molar-refractivity contribution is 0.317. The molecule has 0 aliphatic heterocycles. The van der Waals surface area contributed by atoms with Crippen molar-refractivity contribution < 1.29 is 19.3 Å². The number of hydrogen-bond donors (Lipinski definition) is 1. The Morgan fingerprint density at radius 2 is 1.83 bits per heavy atom. The third-order valence-electron chi connectivity index (χ3n) is 3.09. The Bertz CT molecular complexity index is 716. The Hall–Kier alpha value is -2.21. The Kier molecular flexibility index (Phi) is 5.87. The van der Waals surface area contributed by atoms with Crippen LogP contribution in [0.25, 0.3) is 0 Å². The minimum absolute atomic E-state index is 0.0549. The monoisotopic (exact) mass is 379 g/mol. The molecule has 0 saturated heterocycles. The molecule has 2 aromatic carbocycles. The number of nitrogens with zero attached hydrogens (tertiary/aromatic N) is 1. The van der Waals surface area contributed by atoms with Crippen molar-refractivity contribution in [2.45, 2.75) is 6.92 Å². The first-order valence-electron chi connectivity index (χ1n) is 7.00.